The molecular formula is C8H12ClNO. The van der Waals surface area contributed by atoms with Crippen molar-refractivity contribution in [1.29, 1.82) is 0 Å². The van der Waals surface area contributed by atoms with Gasteiger partial charge in [0, 0.05) is 5.41 Å². The fourth-order valence-corrected chi connectivity index (χ4v) is 0.814. The van der Waals surface area contributed by atoms with E-state index in [1.165, 1.54) is 0 Å². The first-order valence-electron chi connectivity index (χ1n) is 3.54. The molecule has 0 unspecified atom stereocenters. The van der Waals surface area contributed by atoms with Crippen LogP contribution in [-0.2, 0) is 5.41 Å². The molecule has 1 heterocycles. The molecule has 0 atom stereocenters. The van der Waals surface area contributed by atoms with Crippen LogP contribution in [0.5, 0.6) is 0 Å². The second kappa shape index (κ2) is 2.52. The molecule has 1 aromatic heterocycles. The third-order valence-corrected chi connectivity index (χ3v) is 1.73. The average Bonchev–Trinajstić information content (AvgIpc) is 2.11. The SMILES string of the molecule is Cc1nc(C(C)(C)C)oc1Cl. The van der Waals surface area contributed by atoms with Gasteiger partial charge in [-0.05, 0) is 18.5 Å². The molecule has 0 radical (unpaired) electrons. The van der Waals surface area contributed by atoms with Crippen LogP contribution in [0.1, 0.15) is 32.4 Å². The van der Waals surface area contributed by atoms with Crippen molar-refractivity contribution in [2.75, 3.05) is 0 Å². The van der Waals surface area contributed by atoms with Gasteiger partial charge in [-0.25, -0.2) is 4.98 Å². The zero-order chi connectivity index (χ0) is 8.65. The lowest BCUT2D eigenvalue weighted by Crippen LogP contribution is -2.11. The summed E-state index contributed by atoms with van der Waals surface area (Å²) in [6.07, 6.45) is 0. The molecule has 11 heavy (non-hydrogen) atoms. The maximum Gasteiger partial charge on any atom is 0.216 e. The van der Waals surface area contributed by atoms with Gasteiger partial charge < -0.3 is 4.42 Å². The number of aromatic nitrogens is 1. The summed E-state index contributed by atoms with van der Waals surface area (Å²) >= 11 is 5.71. The van der Waals surface area contributed by atoms with Crippen LogP contribution < -0.4 is 0 Å². The minimum atomic E-state index is -0.0576. The fraction of sp³-hybridized carbons (Fsp3) is 0.625. The van der Waals surface area contributed by atoms with E-state index in [4.69, 9.17) is 16.0 Å². The predicted molar refractivity (Wildman–Crippen MR) is 45.0 cm³/mol. The largest absolute Gasteiger partial charge is 0.428 e. The zero-order valence-electron chi connectivity index (χ0n) is 7.23. The number of aryl methyl sites for hydroxylation is 1. The summed E-state index contributed by atoms with van der Waals surface area (Å²) in [5.74, 6) is 0.694. The zero-order valence-corrected chi connectivity index (χ0v) is 7.99. The first-order chi connectivity index (χ1) is 4.91. The maximum atomic E-state index is 5.71. The van der Waals surface area contributed by atoms with Gasteiger partial charge in [0.05, 0.1) is 5.69 Å². The highest BCUT2D eigenvalue weighted by Gasteiger charge is 2.21. The minimum Gasteiger partial charge on any atom is -0.428 e. The first-order valence-corrected chi connectivity index (χ1v) is 3.92. The molecule has 0 aliphatic rings. The van der Waals surface area contributed by atoms with Crippen molar-refractivity contribution in [3.63, 3.8) is 0 Å². The Morgan fingerprint density at radius 2 is 1.91 bits per heavy atom. The Kier molecular flexibility index (Phi) is 1.97. The van der Waals surface area contributed by atoms with Crippen molar-refractivity contribution in [3.8, 4) is 0 Å². The summed E-state index contributed by atoms with van der Waals surface area (Å²) in [5.41, 5.74) is 0.703. The summed E-state index contributed by atoms with van der Waals surface area (Å²) in [5, 5.41) is 0.398. The first kappa shape index (κ1) is 8.60. The number of hydrogen-bond acceptors (Lipinski definition) is 2. The summed E-state index contributed by atoms with van der Waals surface area (Å²) in [6, 6.07) is 0. The van der Waals surface area contributed by atoms with E-state index in [9.17, 15) is 0 Å². The van der Waals surface area contributed by atoms with Crippen molar-refractivity contribution < 1.29 is 4.42 Å². The smallest absolute Gasteiger partial charge is 0.216 e. The number of rotatable bonds is 0. The van der Waals surface area contributed by atoms with Gasteiger partial charge >= 0.3 is 0 Å². The summed E-state index contributed by atoms with van der Waals surface area (Å²) in [4.78, 5) is 4.18. The van der Waals surface area contributed by atoms with Gasteiger partial charge in [-0.2, -0.15) is 0 Å². The highest BCUT2D eigenvalue weighted by Crippen LogP contribution is 2.25. The lowest BCUT2D eigenvalue weighted by Gasteiger charge is -2.11. The van der Waals surface area contributed by atoms with E-state index >= 15 is 0 Å². The Morgan fingerprint density at radius 1 is 1.36 bits per heavy atom. The Bertz CT molecular complexity index is 240. The Hall–Kier alpha value is -0.500. The molecule has 0 N–H and O–H groups in total. The second-order valence-corrected chi connectivity index (χ2v) is 3.97. The molecular weight excluding hydrogens is 162 g/mol. The van der Waals surface area contributed by atoms with E-state index < -0.39 is 0 Å². The normalized spacial score (nSPS) is 12.1. The number of halogens is 1. The van der Waals surface area contributed by atoms with E-state index in [0.717, 1.165) is 5.69 Å². The Morgan fingerprint density at radius 3 is 2.09 bits per heavy atom. The number of oxazole rings is 1. The average molecular weight is 174 g/mol. The van der Waals surface area contributed by atoms with Crippen LogP contribution in [0.2, 0.25) is 5.22 Å². The van der Waals surface area contributed by atoms with Gasteiger partial charge in [0.2, 0.25) is 11.1 Å². The predicted octanol–water partition coefficient (Wildman–Crippen LogP) is 2.93. The molecule has 0 amide bonds. The van der Waals surface area contributed by atoms with Gasteiger partial charge in [-0.1, -0.05) is 20.8 Å². The van der Waals surface area contributed by atoms with Crippen molar-refractivity contribution in [3.05, 3.63) is 16.8 Å². The lowest BCUT2D eigenvalue weighted by molar-refractivity contribution is 0.393. The Labute approximate surface area is 71.6 Å². The fourth-order valence-electron chi connectivity index (χ4n) is 0.699. The minimum absolute atomic E-state index is 0.0576. The molecule has 62 valence electrons. The molecule has 0 saturated carbocycles. The molecule has 0 aromatic carbocycles. The molecule has 0 bridgehead atoms. The molecule has 1 rings (SSSR count). The van der Waals surface area contributed by atoms with Crippen LogP contribution in [0.15, 0.2) is 4.42 Å². The Balaban J connectivity index is 3.08. The standard InChI is InChI=1S/C8H12ClNO/c1-5-6(9)11-7(10-5)8(2,3)4/h1-4H3. The molecule has 0 spiro atoms. The highest BCUT2D eigenvalue weighted by molar-refractivity contribution is 6.29. The van der Waals surface area contributed by atoms with E-state index in [1.54, 1.807) is 0 Å². The van der Waals surface area contributed by atoms with Crippen molar-refractivity contribution in [2.45, 2.75) is 33.1 Å². The van der Waals surface area contributed by atoms with Gasteiger partial charge in [-0.15, -0.1) is 0 Å². The highest BCUT2D eigenvalue weighted by atomic mass is 35.5. The molecule has 0 aliphatic heterocycles. The second-order valence-electron chi connectivity index (χ2n) is 3.63. The topological polar surface area (TPSA) is 26.0 Å². The van der Waals surface area contributed by atoms with Crippen LogP contribution in [0.4, 0.5) is 0 Å². The summed E-state index contributed by atoms with van der Waals surface area (Å²) in [6.45, 7) is 7.94. The third kappa shape index (κ3) is 1.74. The van der Waals surface area contributed by atoms with Gasteiger partial charge in [0.1, 0.15) is 0 Å². The molecule has 0 saturated heterocycles. The van der Waals surface area contributed by atoms with Crippen LogP contribution >= 0.6 is 11.6 Å². The van der Waals surface area contributed by atoms with Crippen LogP contribution in [-0.4, -0.2) is 4.98 Å². The number of hydrogen-bond donors (Lipinski definition) is 0. The van der Waals surface area contributed by atoms with Crippen LogP contribution in [0, 0.1) is 6.92 Å². The van der Waals surface area contributed by atoms with E-state index in [-0.39, 0.29) is 5.41 Å². The quantitative estimate of drug-likeness (QED) is 0.603. The van der Waals surface area contributed by atoms with Gasteiger partial charge in [-0.3, -0.25) is 0 Å². The molecule has 3 heteroatoms. The van der Waals surface area contributed by atoms with E-state index in [0.29, 0.717) is 11.1 Å². The molecule has 0 aliphatic carbocycles. The number of nitrogens with zero attached hydrogens (tertiary/aromatic N) is 1. The summed E-state index contributed by atoms with van der Waals surface area (Å²) < 4.78 is 5.23. The maximum absolute atomic E-state index is 5.71. The molecule has 0 fully saturated rings. The monoisotopic (exact) mass is 173 g/mol. The van der Waals surface area contributed by atoms with Crippen LogP contribution in [0.25, 0.3) is 0 Å². The summed E-state index contributed by atoms with van der Waals surface area (Å²) in [7, 11) is 0. The van der Waals surface area contributed by atoms with E-state index in [2.05, 4.69) is 4.98 Å². The molecule has 1 aromatic rings. The third-order valence-electron chi connectivity index (χ3n) is 1.38. The van der Waals surface area contributed by atoms with Crippen molar-refractivity contribution in [1.82, 2.24) is 4.98 Å². The van der Waals surface area contributed by atoms with Gasteiger partial charge in [0.15, 0.2) is 0 Å². The van der Waals surface area contributed by atoms with Gasteiger partial charge in [0.25, 0.3) is 0 Å². The van der Waals surface area contributed by atoms with Crippen LogP contribution in [0.3, 0.4) is 0 Å². The molecule has 2 nitrogen and oxygen atoms in total. The lowest BCUT2D eigenvalue weighted by atomic mass is 9.97. The van der Waals surface area contributed by atoms with Crippen molar-refractivity contribution >= 4 is 11.6 Å². The van der Waals surface area contributed by atoms with Crippen molar-refractivity contribution in [2.24, 2.45) is 0 Å². The van der Waals surface area contributed by atoms with E-state index in [1.807, 2.05) is 27.7 Å².